The smallest absolute Gasteiger partial charge is 0.227 e. The second-order valence-electron chi connectivity index (χ2n) is 5.51. The predicted molar refractivity (Wildman–Crippen MR) is 81.7 cm³/mol. The molecule has 2 aliphatic rings. The minimum absolute atomic E-state index is 0.541. The van der Waals surface area contributed by atoms with Crippen LogP contribution in [0.1, 0.15) is 0 Å². The molecule has 0 spiro atoms. The first kappa shape index (κ1) is 12.3. The highest BCUT2D eigenvalue weighted by atomic mass is 79.9. The number of hydrogen-bond acceptors (Lipinski definition) is 5. The minimum atomic E-state index is 0.541. The van der Waals surface area contributed by atoms with Crippen molar-refractivity contribution < 1.29 is 4.74 Å². The van der Waals surface area contributed by atoms with Crippen LogP contribution in [0.15, 0.2) is 22.7 Å². The number of halogens is 1. The molecule has 1 aromatic heterocycles. The Morgan fingerprint density at radius 1 is 1.20 bits per heavy atom. The lowest BCUT2D eigenvalue weighted by Gasteiger charge is -2.18. The quantitative estimate of drug-likeness (QED) is 0.864. The number of fused-ring (bicyclic) bond motifs is 2. The average Bonchev–Trinajstić information content (AvgIpc) is 3.00. The summed E-state index contributed by atoms with van der Waals surface area (Å²) in [5, 5.41) is 0.894. The molecular weight excluding hydrogens is 320 g/mol. The zero-order valence-electron chi connectivity index (χ0n) is 10.9. The van der Waals surface area contributed by atoms with Gasteiger partial charge in [0, 0.05) is 34.8 Å². The molecule has 0 unspecified atom stereocenters. The van der Waals surface area contributed by atoms with Crippen molar-refractivity contribution in [2.75, 3.05) is 36.9 Å². The molecule has 6 heteroatoms. The summed E-state index contributed by atoms with van der Waals surface area (Å²) in [6.07, 6.45) is 0. The number of nitrogens with zero attached hydrogens (tertiary/aromatic N) is 3. The zero-order valence-corrected chi connectivity index (χ0v) is 12.5. The highest BCUT2D eigenvalue weighted by molar-refractivity contribution is 9.10. The van der Waals surface area contributed by atoms with Gasteiger partial charge >= 0.3 is 0 Å². The second kappa shape index (κ2) is 4.56. The number of hydrogen-bond donors (Lipinski definition) is 1. The van der Waals surface area contributed by atoms with Gasteiger partial charge in [-0.1, -0.05) is 6.07 Å². The number of nitrogens with two attached hydrogens (primary N) is 1. The Kier molecular flexibility index (Phi) is 2.82. The van der Waals surface area contributed by atoms with E-state index in [0.717, 1.165) is 47.6 Å². The van der Waals surface area contributed by atoms with Gasteiger partial charge in [-0.05, 0) is 28.1 Å². The van der Waals surface area contributed by atoms with Crippen molar-refractivity contribution in [1.82, 2.24) is 9.97 Å². The van der Waals surface area contributed by atoms with Gasteiger partial charge in [-0.15, -0.1) is 0 Å². The van der Waals surface area contributed by atoms with Gasteiger partial charge in [0.25, 0.3) is 0 Å². The fourth-order valence-electron chi connectivity index (χ4n) is 3.12. The maximum Gasteiger partial charge on any atom is 0.227 e. The Hall–Kier alpha value is -1.40. The molecule has 1 aromatic carbocycles. The largest absolute Gasteiger partial charge is 0.383 e. The standard InChI is InChI=1S/C14H15BrN4O/c15-11-3-1-2-10-12(11)17-14(18-13(10)16)19-4-8-6-20-7-9(8)5-19/h1-3,8-9H,4-7H2,(H2,16,17,18)/t8-,9+. The zero-order chi connectivity index (χ0) is 13.7. The predicted octanol–water partition coefficient (Wildman–Crippen LogP) is 2.06. The van der Waals surface area contributed by atoms with Crippen LogP contribution in [0.3, 0.4) is 0 Å². The van der Waals surface area contributed by atoms with E-state index < -0.39 is 0 Å². The lowest BCUT2D eigenvalue weighted by Crippen LogP contribution is -2.24. The van der Waals surface area contributed by atoms with E-state index in [-0.39, 0.29) is 0 Å². The van der Waals surface area contributed by atoms with Gasteiger partial charge in [0.1, 0.15) is 5.82 Å². The Morgan fingerprint density at radius 2 is 1.95 bits per heavy atom. The van der Waals surface area contributed by atoms with E-state index in [1.807, 2.05) is 18.2 Å². The Morgan fingerprint density at radius 3 is 2.70 bits per heavy atom. The Labute approximate surface area is 125 Å². The number of ether oxygens (including phenoxy) is 1. The molecule has 0 bridgehead atoms. The molecule has 0 aliphatic carbocycles. The number of para-hydroxylation sites is 1. The third-order valence-corrected chi connectivity index (χ3v) is 4.86. The molecular formula is C14H15BrN4O. The number of aromatic nitrogens is 2. The number of benzene rings is 1. The molecule has 2 N–H and O–H groups in total. The Bertz CT molecular complexity index is 666. The van der Waals surface area contributed by atoms with Gasteiger partial charge in [0.15, 0.2) is 0 Å². The topological polar surface area (TPSA) is 64.3 Å². The normalized spacial score (nSPS) is 25.4. The van der Waals surface area contributed by atoms with Crippen LogP contribution in [0.25, 0.3) is 10.9 Å². The van der Waals surface area contributed by atoms with Crippen LogP contribution in [-0.2, 0) is 4.74 Å². The van der Waals surface area contributed by atoms with Crippen LogP contribution in [-0.4, -0.2) is 36.3 Å². The lowest BCUT2D eigenvalue weighted by molar-refractivity contribution is 0.177. The van der Waals surface area contributed by atoms with Gasteiger partial charge in [0.05, 0.1) is 18.7 Å². The third kappa shape index (κ3) is 1.86. The van der Waals surface area contributed by atoms with Crippen molar-refractivity contribution in [2.45, 2.75) is 0 Å². The summed E-state index contributed by atoms with van der Waals surface area (Å²) in [5.41, 5.74) is 6.96. The molecule has 2 aliphatic heterocycles. The first-order chi connectivity index (χ1) is 9.72. The van der Waals surface area contributed by atoms with E-state index >= 15 is 0 Å². The van der Waals surface area contributed by atoms with Crippen molar-refractivity contribution in [3.63, 3.8) is 0 Å². The number of nitrogen functional groups attached to an aromatic ring is 1. The van der Waals surface area contributed by atoms with Crippen LogP contribution in [0.4, 0.5) is 11.8 Å². The molecule has 2 fully saturated rings. The SMILES string of the molecule is Nc1nc(N2C[C@H]3COC[C@H]3C2)nc2c(Br)cccc12. The van der Waals surface area contributed by atoms with Gasteiger partial charge in [-0.25, -0.2) is 4.98 Å². The van der Waals surface area contributed by atoms with E-state index in [4.69, 9.17) is 15.5 Å². The van der Waals surface area contributed by atoms with Gasteiger partial charge < -0.3 is 15.4 Å². The maximum absolute atomic E-state index is 6.09. The summed E-state index contributed by atoms with van der Waals surface area (Å²) in [6.45, 7) is 3.63. The maximum atomic E-state index is 6.09. The fraction of sp³-hybridized carbons (Fsp3) is 0.429. The van der Waals surface area contributed by atoms with Gasteiger partial charge in [0.2, 0.25) is 5.95 Å². The van der Waals surface area contributed by atoms with E-state index in [1.165, 1.54) is 0 Å². The monoisotopic (exact) mass is 334 g/mol. The van der Waals surface area contributed by atoms with Crippen molar-refractivity contribution >= 4 is 38.6 Å². The summed E-state index contributed by atoms with van der Waals surface area (Å²) in [5.74, 6) is 2.49. The number of rotatable bonds is 1. The van der Waals surface area contributed by atoms with E-state index in [0.29, 0.717) is 17.7 Å². The van der Waals surface area contributed by atoms with E-state index in [2.05, 4.69) is 25.8 Å². The highest BCUT2D eigenvalue weighted by Crippen LogP contribution is 2.33. The summed E-state index contributed by atoms with van der Waals surface area (Å²) < 4.78 is 6.46. The molecule has 2 aromatic rings. The minimum Gasteiger partial charge on any atom is -0.383 e. The van der Waals surface area contributed by atoms with Crippen molar-refractivity contribution in [2.24, 2.45) is 11.8 Å². The first-order valence-corrected chi connectivity index (χ1v) is 7.56. The molecule has 104 valence electrons. The van der Waals surface area contributed by atoms with Crippen LogP contribution < -0.4 is 10.6 Å². The van der Waals surface area contributed by atoms with Gasteiger partial charge in [-0.3, -0.25) is 0 Å². The fourth-order valence-corrected chi connectivity index (χ4v) is 3.58. The molecule has 0 amide bonds. The van der Waals surface area contributed by atoms with Crippen LogP contribution in [0.2, 0.25) is 0 Å². The molecule has 0 saturated carbocycles. The molecule has 2 saturated heterocycles. The summed E-state index contributed by atoms with van der Waals surface area (Å²) in [7, 11) is 0. The van der Waals surface area contributed by atoms with Crippen LogP contribution >= 0.6 is 15.9 Å². The molecule has 4 rings (SSSR count). The summed E-state index contributed by atoms with van der Waals surface area (Å²) in [4.78, 5) is 11.4. The lowest BCUT2D eigenvalue weighted by atomic mass is 10.0. The van der Waals surface area contributed by atoms with Crippen molar-refractivity contribution in [3.8, 4) is 0 Å². The molecule has 3 heterocycles. The van der Waals surface area contributed by atoms with Crippen molar-refractivity contribution in [1.29, 1.82) is 0 Å². The van der Waals surface area contributed by atoms with Crippen LogP contribution in [0.5, 0.6) is 0 Å². The van der Waals surface area contributed by atoms with E-state index in [9.17, 15) is 0 Å². The first-order valence-electron chi connectivity index (χ1n) is 6.77. The Balaban J connectivity index is 1.76. The summed E-state index contributed by atoms with van der Waals surface area (Å²) in [6, 6.07) is 5.88. The highest BCUT2D eigenvalue weighted by Gasteiger charge is 2.38. The van der Waals surface area contributed by atoms with Crippen molar-refractivity contribution in [3.05, 3.63) is 22.7 Å². The molecule has 20 heavy (non-hydrogen) atoms. The van der Waals surface area contributed by atoms with Crippen LogP contribution in [0, 0.1) is 11.8 Å². The summed E-state index contributed by atoms with van der Waals surface area (Å²) >= 11 is 3.54. The molecule has 0 radical (unpaired) electrons. The van der Waals surface area contributed by atoms with Gasteiger partial charge in [-0.2, -0.15) is 4.98 Å². The number of anilines is 2. The third-order valence-electron chi connectivity index (χ3n) is 4.22. The molecule has 2 atom stereocenters. The molecule has 5 nitrogen and oxygen atoms in total. The average molecular weight is 335 g/mol. The second-order valence-corrected chi connectivity index (χ2v) is 6.36. The van der Waals surface area contributed by atoms with E-state index in [1.54, 1.807) is 0 Å².